The number of piperidine rings is 1. The first-order valence-corrected chi connectivity index (χ1v) is 7.29. The molecule has 0 spiro atoms. The van der Waals surface area contributed by atoms with Gasteiger partial charge >= 0.3 is 0 Å². The predicted molar refractivity (Wildman–Crippen MR) is 77.7 cm³/mol. The van der Waals surface area contributed by atoms with E-state index in [1.807, 2.05) is 31.3 Å². The van der Waals surface area contributed by atoms with Gasteiger partial charge in [0.2, 0.25) is 0 Å². The second kappa shape index (κ2) is 4.95. The Labute approximate surface area is 119 Å². The minimum Gasteiger partial charge on any atom is -0.374 e. The average molecular weight is 274 g/mol. The Morgan fingerprint density at radius 1 is 1.50 bits per heavy atom. The fraction of sp³-hybridized carbons (Fsp3) is 0.562. The molecule has 3 rings (SSSR count). The van der Waals surface area contributed by atoms with Gasteiger partial charge in [0, 0.05) is 30.6 Å². The van der Waals surface area contributed by atoms with Crippen LogP contribution < -0.4 is 5.32 Å². The lowest BCUT2D eigenvalue weighted by atomic mass is 9.87. The molecule has 5 atom stereocenters. The quantitative estimate of drug-likeness (QED) is 0.626. The van der Waals surface area contributed by atoms with Crippen LogP contribution in [0.1, 0.15) is 35.2 Å². The van der Waals surface area contributed by atoms with Crippen molar-refractivity contribution in [2.24, 2.45) is 5.92 Å². The number of aldehydes is 1. The molecule has 0 aromatic heterocycles. The maximum Gasteiger partial charge on any atom is 0.150 e. The maximum atomic E-state index is 10.7. The number of nitrogens with zero attached hydrogens (tertiary/aromatic N) is 1. The van der Waals surface area contributed by atoms with Crippen LogP contribution in [0.4, 0.5) is 0 Å². The number of hydrogen-bond acceptors (Lipinski definition) is 4. The van der Waals surface area contributed by atoms with E-state index in [0.29, 0.717) is 23.4 Å². The normalized spacial score (nSPS) is 36.5. The highest BCUT2D eigenvalue weighted by molar-refractivity contribution is 5.74. The summed E-state index contributed by atoms with van der Waals surface area (Å²) in [5.74, 6) is 0.681. The fourth-order valence-corrected chi connectivity index (χ4v) is 3.66. The summed E-state index contributed by atoms with van der Waals surface area (Å²) in [5, 5.41) is 13.7. The van der Waals surface area contributed by atoms with Crippen molar-refractivity contribution in [3.05, 3.63) is 35.4 Å². The lowest BCUT2D eigenvalue weighted by Gasteiger charge is -2.23. The van der Waals surface area contributed by atoms with Gasteiger partial charge in [-0.15, -0.1) is 0 Å². The van der Waals surface area contributed by atoms with Gasteiger partial charge in [0.05, 0.1) is 0 Å². The van der Waals surface area contributed by atoms with E-state index in [9.17, 15) is 9.90 Å². The molecule has 0 saturated carbocycles. The number of carbonyl (C=O) groups excluding carboxylic acids is 1. The van der Waals surface area contributed by atoms with Gasteiger partial charge in [0.25, 0.3) is 0 Å². The Hall–Kier alpha value is -1.23. The van der Waals surface area contributed by atoms with Crippen LogP contribution in [0.2, 0.25) is 0 Å². The molecule has 4 nitrogen and oxygen atoms in total. The van der Waals surface area contributed by atoms with E-state index in [1.54, 1.807) is 0 Å². The molecule has 2 heterocycles. The van der Waals surface area contributed by atoms with Crippen LogP contribution in [0.25, 0.3) is 0 Å². The monoisotopic (exact) mass is 274 g/mol. The molecule has 108 valence electrons. The molecule has 0 aliphatic carbocycles. The third-order valence-corrected chi connectivity index (χ3v) is 5.00. The van der Waals surface area contributed by atoms with Crippen molar-refractivity contribution in [3.63, 3.8) is 0 Å². The molecule has 1 aromatic rings. The minimum absolute atomic E-state index is 0.314. The van der Waals surface area contributed by atoms with Gasteiger partial charge in [-0.3, -0.25) is 9.69 Å². The first-order valence-electron chi connectivity index (χ1n) is 7.29. The van der Waals surface area contributed by atoms with E-state index in [2.05, 4.69) is 17.1 Å². The zero-order valence-corrected chi connectivity index (χ0v) is 12.0. The van der Waals surface area contributed by atoms with Gasteiger partial charge in [-0.1, -0.05) is 31.2 Å². The molecule has 0 amide bonds. The second-order valence-corrected chi connectivity index (χ2v) is 6.14. The van der Waals surface area contributed by atoms with Gasteiger partial charge < -0.3 is 10.4 Å². The highest BCUT2D eigenvalue weighted by atomic mass is 16.3. The van der Waals surface area contributed by atoms with Crippen molar-refractivity contribution in [1.82, 2.24) is 10.2 Å². The van der Waals surface area contributed by atoms with Crippen LogP contribution in [0, 0.1) is 5.92 Å². The Kier molecular flexibility index (Phi) is 3.40. The van der Waals surface area contributed by atoms with Crippen LogP contribution in [0.5, 0.6) is 0 Å². The summed E-state index contributed by atoms with van der Waals surface area (Å²) in [7, 11) is 1.94. The SMILES string of the molecule is CNCC1CC(C(C)c2ccc(C=O)cc2)N2CC12O. The van der Waals surface area contributed by atoms with Crippen LogP contribution in [0.3, 0.4) is 0 Å². The van der Waals surface area contributed by atoms with Crippen molar-refractivity contribution < 1.29 is 9.90 Å². The smallest absolute Gasteiger partial charge is 0.150 e. The molecule has 2 aliphatic heterocycles. The highest BCUT2D eigenvalue weighted by Gasteiger charge is 2.65. The number of fused-ring (bicyclic) bond motifs is 1. The number of rotatable bonds is 5. The molecule has 4 heteroatoms. The fourth-order valence-electron chi connectivity index (χ4n) is 3.66. The molecule has 20 heavy (non-hydrogen) atoms. The summed E-state index contributed by atoms with van der Waals surface area (Å²) >= 11 is 0. The molecule has 0 radical (unpaired) electrons. The van der Waals surface area contributed by atoms with Gasteiger partial charge in [-0.05, 0) is 24.9 Å². The number of hydrogen-bond donors (Lipinski definition) is 2. The van der Waals surface area contributed by atoms with Crippen LogP contribution >= 0.6 is 0 Å². The summed E-state index contributed by atoms with van der Waals surface area (Å²) in [6.07, 6.45) is 1.89. The topological polar surface area (TPSA) is 52.3 Å². The highest BCUT2D eigenvalue weighted by Crippen LogP contribution is 2.52. The molecule has 2 saturated heterocycles. The second-order valence-electron chi connectivity index (χ2n) is 6.14. The minimum atomic E-state index is -0.579. The Balaban J connectivity index is 1.75. The predicted octanol–water partition coefficient (Wildman–Crippen LogP) is 1.21. The van der Waals surface area contributed by atoms with Crippen molar-refractivity contribution >= 4 is 6.29 Å². The number of benzene rings is 1. The molecule has 2 N–H and O–H groups in total. The van der Waals surface area contributed by atoms with E-state index in [0.717, 1.165) is 25.8 Å². The van der Waals surface area contributed by atoms with Crippen molar-refractivity contribution in [3.8, 4) is 0 Å². The van der Waals surface area contributed by atoms with Crippen molar-refractivity contribution in [2.45, 2.75) is 31.0 Å². The Morgan fingerprint density at radius 2 is 2.20 bits per heavy atom. The van der Waals surface area contributed by atoms with Crippen LogP contribution in [-0.2, 0) is 0 Å². The summed E-state index contributed by atoms with van der Waals surface area (Å²) in [6, 6.07) is 8.19. The lowest BCUT2D eigenvalue weighted by Crippen LogP contribution is -2.30. The van der Waals surface area contributed by atoms with E-state index in [4.69, 9.17) is 0 Å². The van der Waals surface area contributed by atoms with E-state index in [-0.39, 0.29) is 0 Å². The third-order valence-electron chi connectivity index (χ3n) is 5.00. The summed E-state index contributed by atoms with van der Waals surface area (Å²) in [4.78, 5) is 12.9. The molecular formula is C16H22N2O2. The molecule has 1 aromatic carbocycles. The lowest BCUT2D eigenvalue weighted by molar-refractivity contribution is 0.0625. The standard InChI is InChI=1S/C16H22N2O2/c1-11(13-5-3-12(9-19)4-6-13)15-7-14(8-17-2)16(20)10-18(15)16/h3-6,9,11,14-15,17,20H,7-8,10H2,1-2H3. The van der Waals surface area contributed by atoms with Gasteiger partial charge in [0.1, 0.15) is 12.0 Å². The number of nitrogens with one attached hydrogen (secondary N) is 1. The van der Waals surface area contributed by atoms with Crippen molar-refractivity contribution in [1.29, 1.82) is 0 Å². The van der Waals surface area contributed by atoms with Crippen molar-refractivity contribution in [2.75, 3.05) is 20.1 Å². The molecule has 2 aliphatic rings. The largest absolute Gasteiger partial charge is 0.374 e. The van der Waals surface area contributed by atoms with E-state index in [1.165, 1.54) is 5.56 Å². The first-order chi connectivity index (χ1) is 9.60. The third kappa shape index (κ3) is 2.08. The van der Waals surface area contributed by atoms with Gasteiger partial charge in [-0.25, -0.2) is 0 Å². The van der Waals surface area contributed by atoms with Crippen LogP contribution in [0.15, 0.2) is 24.3 Å². The zero-order valence-electron chi connectivity index (χ0n) is 12.0. The summed E-state index contributed by atoms with van der Waals surface area (Å²) < 4.78 is 0. The van der Waals surface area contributed by atoms with Gasteiger partial charge in [-0.2, -0.15) is 0 Å². The number of carbonyl (C=O) groups is 1. The number of aliphatic hydroxyl groups is 1. The first kappa shape index (κ1) is 13.7. The summed E-state index contributed by atoms with van der Waals surface area (Å²) in [6.45, 7) is 3.86. The van der Waals surface area contributed by atoms with E-state index >= 15 is 0 Å². The Bertz CT molecular complexity index is 502. The maximum absolute atomic E-state index is 10.7. The molecule has 2 fully saturated rings. The molecular weight excluding hydrogens is 252 g/mol. The van der Waals surface area contributed by atoms with Crippen LogP contribution in [-0.4, -0.2) is 48.2 Å². The van der Waals surface area contributed by atoms with Gasteiger partial charge in [0.15, 0.2) is 0 Å². The zero-order chi connectivity index (χ0) is 14.3. The molecule has 5 unspecified atom stereocenters. The average Bonchev–Trinajstić information content (AvgIpc) is 3.08. The Morgan fingerprint density at radius 3 is 2.80 bits per heavy atom. The van der Waals surface area contributed by atoms with E-state index < -0.39 is 5.72 Å². The summed E-state index contributed by atoms with van der Waals surface area (Å²) in [5.41, 5.74) is 1.37. The molecule has 0 bridgehead atoms.